The quantitative estimate of drug-likeness (QED) is 0.511. The lowest BCUT2D eigenvalue weighted by Gasteiger charge is -2.08. The third-order valence-corrected chi connectivity index (χ3v) is 4.42. The van der Waals surface area contributed by atoms with Crippen LogP contribution in [0.1, 0.15) is 35.4 Å². The van der Waals surface area contributed by atoms with Crippen molar-refractivity contribution in [1.29, 1.82) is 0 Å². The normalized spacial score (nSPS) is 10.2. The summed E-state index contributed by atoms with van der Waals surface area (Å²) >= 11 is 1.38. The van der Waals surface area contributed by atoms with E-state index in [0.29, 0.717) is 48.7 Å². The van der Waals surface area contributed by atoms with Crippen molar-refractivity contribution in [2.45, 2.75) is 25.7 Å². The molecule has 144 valence electrons. The second-order valence-corrected chi connectivity index (χ2v) is 6.70. The summed E-state index contributed by atoms with van der Waals surface area (Å²) in [5, 5.41) is 16.0. The molecule has 0 bridgehead atoms. The molecule has 0 aliphatic carbocycles. The summed E-state index contributed by atoms with van der Waals surface area (Å²) in [5.74, 6) is -0.475. The molecule has 8 heteroatoms. The highest BCUT2D eigenvalue weighted by Crippen LogP contribution is 2.16. The Kier molecular flexibility index (Phi) is 8.31. The molecule has 0 saturated heterocycles. The van der Waals surface area contributed by atoms with Gasteiger partial charge in [-0.15, -0.1) is 11.3 Å². The Hall–Kier alpha value is -2.87. The molecule has 3 N–H and O–H groups in total. The van der Waals surface area contributed by atoms with Gasteiger partial charge in [0.05, 0.1) is 11.5 Å². The standard InChI is InChI=1S/C19H22N2O5S/c22-17(5-1-11-20-19(25)16-4-3-13-27-16)21-14-7-9-15(10-8-14)26-12-2-6-18(23)24/h3-4,7-10,13H,1-2,5-6,11-12H2,(H,20,25)(H,21,22)(H,23,24). The lowest BCUT2D eigenvalue weighted by atomic mass is 10.2. The number of carboxylic acid groups (broad SMARTS) is 1. The van der Waals surface area contributed by atoms with Crippen molar-refractivity contribution >= 4 is 34.8 Å². The molecule has 0 spiro atoms. The smallest absolute Gasteiger partial charge is 0.303 e. The topological polar surface area (TPSA) is 105 Å². The number of thiophene rings is 1. The van der Waals surface area contributed by atoms with Gasteiger partial charge in [-0.1, -0.05) is 6.07 Å². The highest BCUT2D eigenvalue weighted by atomic mass is 32.1. The van der Waals surface area contributed by atoms with Gasteiger partial charge in [-0.05, 0) is 48.6 Å². The molecule has 1 aromatic heterocycles. The summed E-state index contributed by atoms with van der Waals surface area (Å²) in [6, 6.07) is 10.5. The summed E-state index contributed by atoms with van der Waals surface area (Å²) in [6.45, 7) is 0.766. The van der Waals surface area contributed by atoms with E-state index in [9.17, 15) is 14.4 Å². The fourth-order valence-electron chi connectivity index (χ4n) is 2.22. The van der Waals surface area contributed by atoms with Crippen LogP contribution in [0.5, 0.6) is 5.75 Å². The number of hydrogen-bond acceptors (Lipinski definition) is 5. The average molecular weight is 390 g/mol. The van der Waals surface area contributed by atoms with E-state index in [2.05, 4.69) is 10.6 Å². The molecule has 1 aromatic carbocycles. The number of carbonyl (C=O) groups is 3. The maximum Gasteiger partial charge on any atom is 0.303 e. The summed E-state index contributed by atoms with van der Waals surface area (Å²) < 4.78 is 5.43. The Balaban J connectivity index is 1.62. The van der Waals surface area contributed by atoms with E-state index >= 15 is 0 Å². The number of carbonyl (C=O) groups excluding carboxylic acids is 2. The van der Waals surface area contributed by atoms with E-state index in [4.69, 9.17) is 9.84 Å². The van der Waals surface area contributed by atoms with E-state index in [1.807, 2.05) is 11.4 Å². The Bertz CT molecular complexity index is 744. The molecule has 2 amide bonds. The SMILES string of the molecule is O=C(O)CCCOc1ccc(NC(=O)CCCNC(=O)c2cccs2)cc1. The van der Waals surface area contributed by atoms with E-state index in [0.717, 1.165) is 0 Å². The van der Waals surface area contributed by atoms with Gasteiger partial charge in [0.15, 0.2) is 0 Å². The van der Waals surface area contributed by atoms with Gasteiger partial charge >= 0.3 is 5.97 Å². The number of ether oxygens (including phenoxy) is 1. The minimum absolute atomic E-state index is 0.0714. The van der Waals surface area contributed by atoms with Crippen LogP contribution >= 0.6 is 11.3 Å². The maximum absolute atomic E-state index is 11.9. The van der Waals surface area contributed by atoms with Crippen molar-refractivity contribution in [2.24, 2.45) is 0 Å². The van der Waals surface area contributed by atoms with Crippen LogP contribution in [-0.2, 0) is 9.59 Å². The van der Waals surface area contributed by atoms with Crippen LogP contribution in [0.15, 0.2) is 41.8 Å². The molecule has 1 heterocycles. The molecule has 0 radical (unpaired) electrons. The second-order valence-electron chi connectivity index (χ2n) is 5.76. The number of aliphatic carboxylic acids is 1. The zero-order valence-electron chi connectivity index (χ0n) is 14.8. The molecular weight excluding hydrogens is 368 g/mol. The zero-order chi connectivity index (χ0) is 19.5. The van der Waals surface area contributed by atoms with Crippen molar-refractivity contribution in [3.63, 3.8) is 0 Å². The van der Waals surface area contributed by atoms with E-state index < -0.39 is 5.97 Å². The first-order valence-electron chi connectivity index (χ1n) is 8.61. The number of rotatable bonds is 11. The summed E-state index contributed by atoms with van der Waals surface area (Å²) in [4.78, 5) is 34.8. The highest BCUT2D eigenvalue weighted by Gasteiger charge is 2.07. The van der Waals surface area contributed by atoms with E-state index in [1.165, 1.54) is 11.3 Å². The Morgan fingerprint density at radius 2 is 1.81 bits per heavy atom. The van der Waals surface area contributed by atoms with Gasteiger partial charge in [0.2, 0.25) is 5.91 Å². The highest BCUT2D eigenvalue weighted by molar-refractivity contribution is 7.12. The van der Waals surface area contributed by atoms with E-state index in [-0.39, 0.29) is 18.2 Å². The molecule has 0 aliphatic heterocycles. The van der Waals surface area contributed by atoms with Crippen LogP contribution in [0.2, 0.25) is 0 Å². The largest absolute Gasteiger partial charge is 0.494 e. The van der Waals surface area contributed by atoms with E-state index in [1.54, 1.807) is 30.3 Å². The van der Waals surface area contributed by atoms with Crippen LogP contribution in [-0.4, -0.2) is 36.0 Å². The fourth-order valence-corrected chi connectivity index (χ4v) is 2.86. The zero-order valence-corrected chi connectivity index (χ0v) is 15.6. The van der Waals surface area contributed by atoms with Crippen LogP contribution < -0.4 is 15.4 Å². The summed E-state index contributed by atoms with van der Waals surface area (Å²) in [7, 11) is 0. The van der Waals surface area contributed by atoms with Crippen molar-refractivity contribution in [3.05, 3.63) is 46.7 Å². The van der Waals surface area contributed by atoms with Crippen molar-refractivity contribution in [2.75, 3.05) is 18.5 Å². The van der Waals surface area contributed by atoms with Crippen LogP contribution in [0.25, 0.3) is 0 Å². The van der Waals surface area contributed by atoms with Gasteiger partial charge < -0.3 is 20.5 Å². The van der Waals surface area contributed by atoms with Gasteiger partial charge in [-0.2, -0.15) is 0 Å². The van der Waals surface area contributed by atoms with Crippen LogP contribution in [0, 0.1) is 0 Å². The molecule has 7 nitrogen and oxygen atoms in total. The lowest BCUT2D eigenvalue weighted by Crippen LogP contribution is -2.24. The monoisotopic (exact) mass is 390 g/mol. The number of benzene rings is 1. The molecule has 0 fully saturated rings. The molecule has 2 aromatic rings. The first kappa shape index (κ1) is 20.4. The molecule has 27 heavy (non-hydrogen) atoms. The lowest BCUT2D eigenvalue weighted by molar-refractivity contribution is -0.137. The van der Waals surface area contributed by atoms with Gasteiger partial charge in [-0.3, -0.25) is 14.4 Å². The van der Waals surface area contributed by atoms with Crippen LogP contribution in [0.3, 0.4) is 0 Å². The molecular formula is C19H22N2O5S. The third-order valence-electron chi connectivity index (χ3n) is 3.55. The van der Waals surface area contributed by atoms with Crippen molar-refractivity contribution in [3.8, 4) is 5.75 Å². The minimum Gasteiger partial charge on any atom is -0.494 e. The predicted molar refractivity (Wildman–Crippen MR) is 103 cm³/mol. The van der Waals surface area contributed by atoms with Gasteiger partial charge in [-0.25, -0.2) is 0 Å². The maximum atomic E-state index is 11.9. The predicted octanol–water partition coefficient (Wildman–Crippen LogP) is 3.14. The Morgan fingerprint density at radius 3 is 2.48 bits per heavy atom. The second kappa shape index (κ2) is 11.0. The van der Waals surface area contributed by atoms with Crippen molar-refractivity contribution < 1.29 is 24.2 Å². The average Bonchev–Trinajstić information content (AvgIpc) is 3.18. The molecule has 0 unspecified atom stereocenters. The first-order valence-corrected chi connectivity index (χ1v) is 9.49. The Morgan fingerprint density at radius 1 is 1.04 bits per heavy atom. The molecule has 0 saturated carbocycles. The molecule has 0 atom stereocenters. The summed E-state index contributed by atoms with van der Waals surface area (Å²) in [5.41, 5.74) is 0.653. The molecule has 0 aliphatic rings. The van der Waals surface area contributed by atoms with Gasteiger partial charge in [0.25, 0.3) is 5.91 Å². The molecule has 2 rings (SSSR count). The Labute approximate surface area is 161 Å². The number of nitrogens with one attached hydrogen (secondary N) is 2. The van der Waals surface area contributed by atoms with Crippen LogP contribution in [0.4, 0.5) is 5.69 Å². The number of carboxylic acids is 1. The third kappa shape index (κ3) is 7.91. The van der Waals surface area contributed by atoms with Crippen molar-refractivity contribution in [1.82, 2.24) is 5.32 Å². The van der Waals surface area contributed by atoms with Gasteiger partial charge in [0, 0.05) is 25.1 Å². The summed E-state index contributed by atoms with van der Waals surface area (Å²) in [6.07, 6.45) is 1.37. The number of anilines is 1. The number of amides is 2. The minimum atomic E-state index is -0.845. The number of hydrogen-bond donors (Lipinski definition) is 3. The fraction of sp³-hybridized carbons (Fsp3) is 0.316. The first-order chi connectivity index (χ1) is 13.0. The van der Waals surface area contributed by atoms with Gasteiger partial charge in [0.1, 0.15) is 5.75 Å².